The molecule has 0 unspecified atom stereocenters. The van der Waals surface area contributed by atoms with E-state index in [2.05, 4.69) is 10.3 Å². The van der Waals surface area contributed by atoms with Gasteiger partial charge in [0.05, 0.1) is 24.3 Å². The second kappa shape index (κ2) is 12.1. The van der Waals surface area contributed by atoms with Gasteiger partial charge in [0.2, 0.25) is 5.91 Å². The predicted molar refractivity (Wildman–Crippen MR) is 136 cm³/mol. The number of nitrogens with zero attached hydrogens (tertiary/aromatic N) is 2. The van der Waals surface area contributed by atoms with Crippen LogP contribution in [0.25, 0.3) is 6.08 Å². The number of morpholine rings is 1. The van der Waals surface area contributed by atoms with Gasteiger partial charge in [-0.05, 0) is 48.0 Å². The van der Waals surface area contributed by atoms with Crippen molar-refractivity contribution in [3.8, 4) is 0 Å². The van der Waals surface area contributed by atoms with Gasteiger partial charge >= 0.3 is 12.4 Å². The molecule has 3 aromatic rings. The van der Waals surface area contributed by atoms with Crippen LogP contribution in [0.1, 0.15) is 27.0 Å². The van der Waals surface area contributed by atoms with Crippen molar-refractivity contribution in [3.05, 3.63) is 89.3 Å². The Hall–Kier alpha value is -3.84. The fourth-order valence-electron chi connectivity index (χ4n) is 3.93. The van der Waals surface area contributed by atoms with Gasteiger partial charge < -0.3 is 15.0 Å². The van der Waals surface area contributed by atoms with Crippen LogP contribution in [0, 0.1) is 0 Å². The van der Waals surface area contributed by atoms with Gasteiger partial charge in [-0.2, -0.15) is 26.3 Å². The van der Waals surface area contributed by atoms with Crippen LogP contribution in [-0.2, 0) is 21.9 Å². The maximum atomic E-state index is 14.2. The Morgan fingerprint density at radius 3 is 2.25 bits per heavy atom. The third-order valence-corrected chi connectivity index (χ3v) is 6.81. The van der Waals surface area contributed by atoms with Crippen LogP contribution in [0.2, 0.25) is 0 Å². The van der Waals surface area contributed by atoms with Gasteiger partial charge in [-0.3, -0.25) is 14.6 Å². The molecule has 0 spiro atoms. The van der Waals surface area contributed by atoms with Crippen LogP contribution in [-0.4, -0.2) is 48.0 Å². The van der Waals surface area contributed by atoms with Crippen molar-refractivity contribution in [2.45, 2.75) is 22.1 Å². The number of aromatic nitrogens is 1. The lowest BCUT2D eigenvalue weighted by Gasteiger charge is -2.25. The van der Waals surface area contributed by atoms with Crippen molar-refractivity contribution in [3.63, 3.8) is 0 Å². The molecular formula is C27H21F6N3O3S. The predicted octanol–water partition coefficient (Wildman–Crippen LogP) is 6.39. The molecule has 4 rings (SSSR count). The Labute approximate surface area is 229 Å². The average Bonchev–Trinajstić information content (AvgIpc) is 2.92. The second-order valence-corrected chi connectivity index (χ2v) is 9.60. The first kappa shape index (κ1) is 29.2. The Morgan fingerprint density at radius 2 is 1.60 bits per heavy atom. The molecular weight excluding hydrogens is 560 g/mol. The molecule has 1 aliphatic heterocycles. The summed E-state index contributed by atoms with van der Waals surface area (Å²) in [6.45, 7) is 0.958. The number of amides is 2. The summed E-state index contributed by atoms with van der Waals surface area (Å²) in [7, 11) is 0. The molecule has 6 nitrogen and oxygen atoms in total. The van der Waals surface area contributed by atoms with E-state index in [4.69, 9.17) is 4.74 Å². The van der Waals surface area contributed by atoms with Crippen molar-refractivity contribution >= 4 is 35.3 Å². The number of benzene rings is 2. The minimum Gasteiger partial charge on any atom is -0.378 e. The third-order valence-electron chi connectivity index (χ3n) is 5.76. The van der Waals surface area contributed by atoms with Crippen LogP contribution in [0.15, 0.2) is 76.8 Å². The van der Waals surface area contributed by atoms with E-state index in [0.717, 1.165) is 24.3 Å². The molecule has 13 heteroatoms. The summed E-state index contributed by atoms with van der Waals surface area (Å²) >= 11 is 0.470. The molecule has 0 atom stereocenters. The normalized spacial score (nSPS) is 14.4. The molecule has 40 heavy (non-hydrogen) atoms. The Morgan fingerprint density at radius 1 is 0.925 bits per heavy atom. The number of carbonyl (C=O) groups is 2. The van der Waals surface area contributed by atoms with E-state index in [1.807, 2.05) is 0 Å². The summed E-state index contributed by atoms with van der Waals surface area (Å²) in [5.74, 6) is -1.13. The molecule has 2 aromatic carbocycles. The molecule has 1 fully saturated rings. The van der Waals surface area contributed by atoms with Crippen LogP contribution < -0.4 is 5.32 Å². The van der Waals surface area contributed by atoms with E-state index >= 15 is 0 Å². The van der Waals surface area contributed by atoms with Crippen molar-refractivity contribution in [2.75, 3.05) is 31.6 Å². The van der Waals surface area contributed by atoms with Gasteiger partial charge in [0.1, 0.15) is 0 Å². The zero-order chi connectivity index (χ0) is 28.9. The maximum absolute atomic E-state index is 14.2. The SMILES string of the molecule is O=C(Nc1cccc(Sc2ccc(/C=C/C(=O)N3CCOCC3)c(C(F)(F)F)c2C(F)(F)F)c1)c1ccncc1. The van der Waals surface area contributed by atoms with Gasteiger partial charge in [0, 0.05) is 52.6 Å². The number of hydrogen-bond acceptors (Lipinski definition) is 5. The van der Waals surface area contributed by atoms with Crippen molar-refractivity contribution < 1.29 is 40.7 Å². The highest BCUT2D eigenvalue weighted by atomic mass is 32.2. The van der Waals surface area contributed by atoms with Crippen LogP contribution >= 0.6 is 11.8 Å². The number of nitrogens with one attached hydrogen (secondary N) is 1. The van der Waals surface area contributed by atoms with Gasteiger partial charge in [0.25, 0.3) is 5.91 Å². The summed E-state index contributed by atoms with van der Waals surface area (Å²) in [4.78, 5) is 29.4. The average molecular weight is 582 g/mol. The number of halogens is 6. The zero-order valence-electron chi connectivity index (χ0n) is 20.6. The second-order valence-electron chi connectivity index (χ2n) is 8.49. The molecule has 0 bridgehead atoms. The number of pyridine rings is 1. The van der Waals surface area contributed by atoms with Crippen molar-refractivity contribution in [1.29, 1.82) is 0 Å². The third kappa shape index (κ3) is 7.21. The molecule has 2 amide bonds. The van der Waals surface area contributed by atoms with Gasteiger partial charge in [-0.1, -0.05) is 23.9 Å². The summed E-state index contributed by atoms with van der Waals surface area (Å²) < 4.78 is 89.9. The molecule has 1 saturated heterocycles. The molecule has 0 aliphatic carbocycles. The van der Waals surface area contributed by atoms with Crippen LogP contribution in [0.4, 0.5) is 32.0 Å². The van der Waals surface area contributed by atoms with Crippen LogP contribution in [0.5, 0.6) is 0 Å². The molecule has 2 heterocycles. The molecule has 0 saturated carbocycles. The van der Waals surface area contributed by atoms with E-state index in [-0.39, 0.29) is 42.4 Å². The fourth-order valence-corrected chi connectivity index (χ4v) is 4.97. The largest absolute Gasteiger partial charge is 0.418 e. The lowest BCUT2D eigenvalue weighted by Crippen LogP contribution is -2.39. The van der Waals surface area contributed by atoms with E-state index in [1.54, 1.807) is 0 Å². The maximum Gasteiger partial charge on any atom is 0.418 e. The lowest BCUT2D eigenvalue weighted by molar-refractivity contribution is -0.163. The number of carbonyl (C=O) groups excluding carboxylic acids is 2. The Bertz CT molecular complexity index is 1400. The first-order valence-corrected chi connectivity index (χ1v) is 12.6. The standard InChI is InChI=1S/C27H21F6N3O3S/c28-26(29,30)23-17(5-7-22(37)36-12-14-39-15-13-36)4-6-21(24(23)27(31,32)33)40-20-3-1-2-19(16-20)35-25(38)18-8-10-34-11-9-18/h1-11,16H,12-15H2,(H,35,38)/b7-5+. The van der Waals surface area contributed by atoms with E-state index < -0.39 is 45.8 Å². The first-order valence-electron chi connectivity index (χ1n) is 11.8. The van der Waals surface area contributed by atoms with Gasteiger partial charge in [0.15, 0.2) is 0 Å². The lowest BCUT2D eigenvalue weighted by atomic mass is 9.99. The first-order chi connectivity index (χ1) is 18.9. The molecule has 0 radical (unpaired) electrons. The van der Waals surface area contributed by atoms with E-state index in [0.29, 0.717) is 11.8 Å². The topological polar surface area (TPSA) is 71.5 Å². The highest BCUT2D eigenvalue weighted by Crippen LogP contribution is 2.48. The van der Waals surface area contributed by atoms with Crippen molar-refractivity contribution in [1.82, 2.24) is 9.88 Å². The van der Waals surface area contributed by atoms with Gasteiger partial charge in [-0.15, -0.1) is 0 Å². The van der Waals surface area contributed by atoms with E-state index in [1.165, 1.54) is 53.7 Å². The summed E-state index contributed by atoms with van der Waals surface area (Å²) in [5.41, 5.74) is -4.02. The molecule has 210 valence electrons. The minimum atomic E-state index is -5.37. The Balaban J connectivity index is 1.67. The molecule has 1 aromatic heterocycles. The monoisotopic (exact) mass is 581 g/mol. The molecule has 1 aliphatic rings. The highest BCUT2D eigenvalue weighted by Gasteiger charge is 2.46. The highest BCUT2D eigenvalue weighted by molar-refractivity contribution is 7.99. The number of hydrogen-bond donors (Lipinski definition) is 1. The summed E-state index contributed by atoms with van der Waals surface area (Å²) in [5, 5.41) is 2.59. The molecule has 1 N–H and O–H groups in total. The van der Waals surface area contributed by atoms with Gasteiger partial charge in [-0.25, -0.2) is 0 Å². The fraction of sp³-hybridized carbons (Fsp3) is 0.222. The quantitative estimate of drug-likeness (QED) is 0.270. The number of anilines is 1. The smallest absolute Gasteiger partial charge is 0.378 e. The van der Waals surface area contributed by atoms with E-state index in [9.17, 15) is 35.9 Å². The Kier molecular flexibility index (Phi) is 8.84. The summed E-state index contributed by atoms with van der Waals surface area (Å²) in [6.07, 6.45) is -6.33. The number of rotatable bonds is 6. The minimum absolute atomic E-state index is 0.164. The van der Waals surface area contributed by atoms with Crippen molar-refractivity contribution in [2.24, 2.45) is 0 Å². The zero-order valence-corrected chi connectivity index (χ0v) is 21.4. The van der Waals surface area contributed by atoms with Crippen LogP contribution in [0.3, 0.4) is 0 Å². The summed E-state index contributed by atoms with van der Waals surface area (Å²) in [6, 6.07) is 10.5. The number of alkyl halides is 6. The number of ether oxygens (including phenoxy) is 1.